The van der Waals surface area contributed by atoms with Gasteiger partial charge in [-0.2, -0.15) is 0 Å². The highest BCUT2D eigenvalue weighted by Crippen LogP contribution is 2.59. The maximum atomic E-state index is 14.1. The van der Waals surface area contributed by atoms with Crippen LogP contribution in [0.5, 0.6) is 0 Å². The molecule has 0 aromatic rings. The van der Waals surface area contributed by atoms with Crippen molar-refractivity contribution in [2.45, 2.75) is 82.7 Å². The maximum Gasteiger partial charge on any atom is 0.351 e. The van der Waals surface area contributed by atoms with Crippen molar-refractivity contribution < 1.29 is 23.9 Å². The van der Waals surface area contributed by atoms with E-state index in [1.807, 2.05) is 48.6 Å². The molecule has 2 unspecified atom stereocenters. The van der Waals surface area contributed by atoms with Gasteiger partial charge in [0, 0.05) is 11.8 Å². The van der Waals surface area contributed by atoms with Crippen LogP contribution in [0.1, 0.15) is 54.4 Å². The van der Waals surface area contributed by atoms with Crippen molar-refractivity contribution >= 4 is 17.6 Å². The molecule has 3 saturated heterocycles. The molecule has 7 heteroatoms. The fraction of sp³-hybridized carbons (Fsp3) is 0.577. The second kappa shape index (κ2) is 6.54. The highest BCUT2D eigenvalue weighted by atomic mass is 16.8. The molecule has 2 aliphatic carbocycles. The largest absolute Gasteiger partial charge is 0.351 e. The Kier molecular flexibility index (Phi) is 4.42. The quantitative estimate of drug-likeness (QED) is 0.643. The van der Waals surface area contributed by atoms with E-state index in [0.717, 1.165) is 0 Å². The molecule has 3 fully saturated rings. The minimum absolute atomic E-state index is 0.230. The molecule has 0 radical (unpaired) electrons. The molecular formula is C26H32N2O5. The number of amides is 2. The van der Waals surface area contributed by atoms with Gasteiger partial charge >= 0.3 is 6.03 Å². The molecule has 5 rings (SSSR count). The van der Waals surface area contributed by atoms with E-state index in [2.05, 4.69) is 0 Å². The lowest BCUT2D eigenvalue weighted by Gasteiger charge is -2.56. The average Bonchev–Trinajstić information content (AvgIpc) is 3.15. The number of allylic oxidation sites excluding steroid dienone is 6. The van der Waals surface area contributed by atoms with E-state index < -0.39 is 28.3 Å². The number of rotatable bonds is 2. The molecule has 2 amide bonds. The molecule has 0 aromatic heterocycles. The van der Waals surface area contributed by atoms with Gasteiger partial charge < -0.3 is 0 Å². The van der Waals surface area contributed by atoms with Crippen LogP contribution in [0, 0.1) is 11.8 Å². The Bertz CT molecular complexity index is 985. The van der Waals surface area contributed by atoms with Gasteiger partial charge in [-0.3, -0.25) is 33.7 Å². The van der Waals surface area contributed by atoms with Crippen molar-refractivity contribution in [1.82, 2.24) is 9.80 Å². The van der Waals surface area contributed by atoms with Gasteiger partial charge in [0.2, 0.25) is 0 Å². The first-order valence-electron chi connectivity index (χ1n) is 11.6. The van der Waals surface area contributed by atoms with Gasteiger partial charge in [-0.25, -0.2) is 0 Å². The Hall–Kier alpha value is -2.51. The van der Waals surface area contributed by atoms with Crippen LogP contribution in [0.2, 0.25) is 0 Å². The van der Waals surface area contributed by atoms with Gasteiger partial charge in [0.05, 0.1) is 0 Å². The van der Waals surface area contributed by atoms with Gasteiger partial charge in [0.1, 0.15) is 11.1 Å². The third-order valence-corrected chi connectivity index (χ3v) is 8.12. The van der Waals surface area contributed by atoms with Gasteiger partial charge in [0.25, 0.3) is 11.8 Å². The fourth-order valence-corrected chi connectivity index (χ4v) is 6.26. The summed E-state index contributed by atoms with van der Waals surface area (Å²) in [5.41, 5.74) is -5.08. The van der Waals surface area contributed by atoms with E-state index in [-0.39, 0.29) is 29.4 Å². The Morgan fingerprint density at radius 2 is 1.09 bits per heavy atom. The van der Waals surface area contributed by atoms with E-state index in [1.165, 1.54) is 9.80 Å². The van der Waals surface area contributed by atoms with Crippen LogP contribution < -0.4 is 0 Å². The summed E-state index contributed by atoms with van der Waals surface area (Å²) in [5.74, 6) is -1.43. The van der Waals surface area contributed by atoms with Gasteiger partial charge in [-0.15, -0.1) is 0 Å². The Balaban J connectivity index is 1.71. The topological polar surface area (TPSA) is 76.1 Å². The van der Waals surface area contributed by atoms with E-state index in [0.29, 0.717) is 12.8 Å². The van der Waals surface area contributed by atoms with E-state index in [4.69, 9.17) is 9.47 Å². The smallest absolute Gasteiger partial charge is 0.298 e. The monoisotopic (exact) mass is 452 g/mol. The van der Waals surface area contributed by atoms with E-state index in [1.54, 1.807) is 41.5 Å². The molecule has 3 heterocycles. The maximum absolute atomic E-state index is 14.1. The predicted molar refractivity (Wildman–Crippen MR) is 121 cm³/mol. The van der Waals surface area contributed by atoms with E-state index >= 15 is 0 Å². The van der Waals surface area contributed by atoms with Gasteiger partial charge in [0.15, 0.2) is 17.0 Å². The lowest BCUT2D eigenvalue weighted by Crippen LogP contribution is -2.79. The molecular weight excluding hydrogens is 420 g/mol. The molecule has 5 aliphatic rings. The summed E-state index contributed by atoms with van der Waals surface area (Å²) in [6.45, 7) is 10.3. The van der Waals surface area contributed by atoms with Crippen LogP contribution in [-0.4, -0.2) is 55.7 Å². The second-order valence-corrected chi connectivity index (χ2v) is 11.0. The van der Waals surface area contributed by atoms with Gasteiger partial charge in [-0.05, 0) is 54.4 Å². The lowest BCUT2D eigenvalue weighted by atomic mass is 9.77. The zero-order valence-corrected chi connectivity index (χ0v) is 20.1. The van der Waals surface area contributed by atoms with E-state index in [9.17, 15) is 14.4 Å². The molecule has 176 valence electrons. The van der Waals surface area contributed by atoms with Crippen LogP contribution in [0.3, 0.4) is 0 Å². The standard InChI is InChI=1S/C26H32N2O5/c1-22(2)19(29)23(3,4)28-21(31)25(6,18-15-11-8-12-16-18)33-26(28)27(22)20(30)24(5,32-26)17-13-9-7-10-14-17/h7-13,15,17-18H,14,16H2,1-6H3/t17?,18?,24-,25-,26?/m1/s1. The Morgan fingerprint density at radius 1 is 0.697 bits per heavy atom. The zero-order chi connectivity index (χ0) is 24.0. The summed E-state index contributed by atoms with van der Waals surface area (Å²) in [6, 6.07) is -1.80. The second-order valence-electron chi connectivity index (χ2n) is 11.0. The molecule has 33 heavy (non-hydrogen) atoms. The number of hydrogen-bond acceptors (Lipinski definition) is 5. The first-order chi connectivity index (χ1) is 15.3. The minimum atomic E-state index is -1.80. The van der Waals surface area contributed by atoms with Crippen molar-refractivity contribution in [1.29, 1.82) is 0 Å². The van der Waals surface area contributed by atoms with Gasteiger partial charge in [-0.1, -0.05) is 48.6 Å². The summed E-state index contributed by atoms with van der Waals surface area (Å²) in [5, 5.41) is 0. The predicted octanol–water partition coefficient (Wildman–Crippen LogP) is 3.24. The number of nitrogens with zero attached hydrogens (tertiary/aromatic N) is 2. The number of ketones is 1. The van der Waals surface area contributed by atoms with Crippen molar-refractivity contribution in [3.8, 4) is 0 Å². The molecule has 0 aromatic carbocycles. The highest BCUT2D eigenvalue weighted by Gasteiger charge is 2.81. The normalized spacial score (nSPS) is 42.8. The van der Waals surface area contributed by atoms with Crippen molar-refractivity contribution in [3.05, 3.63) is 48.6 Å². The third-order valence-electron chi connectivity index (χ3n) is 8.12. The molecule has 3 aliphatic heterocycles. The number of hydrogen-bond donors (Lipinski definition) is 0. The van der Waals surface area contributed by atoms with Crippen LogP contribution in [0.15, 0.2) is 48.6 Å². The van der Waals surface area contributed by atoms with Crippen LogP contribution >= 0.6 is 0 Å². The number of carbonyl (C=O) groups excluding carboxylic acids is 3. The number of ether oxygens (including phenoxy) is 2. The SMILES string of the molecule is CC1(C)C(=O)C(C)(C)N2C(=O)[C@@](C)(C3C=CC=CC3)OC23O[C@](C)(C2C=CC=CC2)C(=O)N13. The Labute approximate surface area is 194 Å². The zero-order valence-electron chi connectivity index (χ0n) is 20.1. The molecule has 1 spiro atoms. The van der Waals surface area contributed by atoms with Crippen LogP contribution in [0.4, 0.5) is 0 Å². The summed E-state index contributed by atoms with van der Waals surface area (Å²) < 4.78 is 13.3. The van der Waals surface area contributed by atoms with Crippen molar-refractivity contribution in [3.63, 3.8) is 0 Å². The lowest BCUT2D eigenvalue weighted by molar-refractivity contribution is -0.384. The molecule has 0 N–H and O–H groups in total. The summed E-state index contributed by atoms with van der Waals surface area (Å²) >= 11 is 0. The molecule has 7 nitrogen and oxygen atoms in total. The number of Topliss-reactive ketones (excluding diaryl/α,β-unsaturated/α-hetero) is 1. The first-order valence-corrected chi connectivity index (χ1v) is 11.6. The average molecular weight is 453 g/mol. The van der Waals surface area contributed by atoms with Crippen LogP contribution in [-0.2, 0) is 23.9 Å². The van der Waals surface area contributed by atoms with Crippen molar-refractivity contribution in [2.75, 3.05) is 0 Å². The third kappa shape index (κ3) is 2.55. The minimum Gasteiger partial charge on any atom is -0.298 e. The highest BCUT2D eigenvalue weighted by molar-refractivity contribution is 6.06. The molecule has 0 saturated carbocycles. The first kappa shape index (κ1) is 22.3. The summed E-state index contributed by atoms with van der Waals surface area (Å²) in [7, 11) is 0. The molecule has 4 atom stereocenters. The van der Waals surface area contributed by atoms with Crippen molar-refractivity contribution in [2.24, 2.45) is 11.8 Å². The number of carbonyl (C=O) groups is 3. The fourth-order valence-electron chi connectivity index (χ4n) is 6.26. The summed E-state index contributed by atoms with van der Waals surface area (Å²) in [6.07, 6.45) is 16.8. The molecule has 0 bridgehead atoms. The Morgan fingerprint density at radius 3 is 1.42 bits per heavy atom. The van der Waals surface area contributed by atoms with Crippen LogP contribution in [0.25, 0.3) is 0 Å². The summed E-state index contributed by atoms with van der Waals surface area (Å²) in [4.78, 5) is 44.8.